The predicted molar refractivity (Wildman–Crippen MR) is 100 cm³/mol. The van der Waals surface area contributed by atoms with Gasteiger partial charge in [-0.25, -0.2) is 0 Å². The van der Waals surface area contributed by atoms with E-state index in [2.05, 4.69) is 16.7 Å². The summed E-state index contributed by atoms with van der Waals surface area (Å²) in [7, 11) is 0. The molecule has 4 aliphatic carbocycles. The zero-order valence-corrected chi connectivity index (χ0v) is 15.3. The van der Waals surface area contributed by atoms with Crippen LogP contribution in [0.15, 0.2) is 18.2 Å². The van der Waals surface area contributed by atoms with Crippen LogP contribution in [-0.4, -0.2) is 16.6 Å². The van der Waals surface area contributed by atoms with E-state index in [1.807, 2.05) is 26.0 Å². The molecule has 0 saturated heterocycles. The fourth-order valence-electron chi connectivity index (χ4n) is 5.82. The maximum Gasteiger partial charge on any atom is 0.257 e. The number of carbonyl (C=O) groups is 1. The molecule has 0 aromatic heterocycles. The minimum atomic E-state index is -0.107. The maximum atomic E-state index is 12.5. The Morgan fingerprint density at radius 2 is 1.50 bits per heavy atom. The monoisotopic (exact) mass is 342 g/mol. The number of hydrogen-bond acceptors (Lipinski definition) is 2. The molecule has 0 aliphatic heterocycles. The lowest BCUT2D eigenvalue weighted by Gasteiger charge is -2.57. The Kier molecular flexibility index (Phi) is 3.91. The van der Waals surface area contributed by atoms with Gasteiger partial charge in [-0.2, -0.15) is 0 Å². The third kappa shape index (κ3) is 3.08. The van der Waals surface area contributed by atoms with Gasteiger partial charge in [-0.15, -0.1) is 0 Å². The van der Waals surface area contributed by atoms with Crippen LogP contribution in [0.1, 0.15) is 60.0 Å². The molecule has 4 aliphatic rings. The largest absolute Gasteiger partial charge is 0.357 e. The van der Waals surface area contributed by atoms with Crippen molar-refractivity contribution in [1.82, 2.24) is 10.6 Å². The van der Waals surface area contributed by atoms with E-state index in [9.17, 15) is 4.79 Å². The average Bonchev–Trinajstić information content (AvgIpc) is 2.43. The number of amides is 1. The molecular formula is C20H26N2OS. The molecular weight excluding hydrogens is 316 g/mol. The van der Waals surface area contributed by atoms with E-state index in [0.29, 0.717) is 10.7 Å². The summed E-state index contributed by atoms with van der Waals surface area (Å²) < 4.78 is 0. The van der Waals surface area contributed by atoms with Gasteiger partial charge in [-0.1, -0.05) is 17.2 Å². The molecule has 5 rings (SSSR count). The molecule has 0 heterocycles. The van der Waals surface area contributed by atoms with Gasteiger partial charge in [0.2, 0.25) is 0 Å². The van der Waals surface area contributed by atoms with E-state index in [4.69, 9.17) is 12.2 Å². The van der Waals surface area contributed by atoms with Crippen LogP contribution in [-0.2, 0) is 0 Å². The van der Waals surface area contributed by atoms with Crippen LogP contribution < -0.4 is 10.6 Å². The number of aryl methyl sites for hydroxylation is 2. The van der Waals surface area contributed by atoms with Gasteiger partial charge in [-0.05, 0) is 94.5 Å². The molecule has 1 amide bonds. The van der Waals surface area contributed by atoms with E-state index in [1.165, 1.54) is 38.5 Å². The third-order valence-corrected chi connectivity index (χ3v) is 6.33. The molecule has 4 bridgehead atoms. The molecule has 1 aromatic rings. The average molecular weight is 343 g/mol. The highest BCUT2D eigenvalue weighted by Crippen LogP contribution is 2.55. The Bertz CT molecular complexity index is 641. The van der Waals surface area contributed by atoms with E-state index in [0.717, 1.165) is 28.9 Å². The smallest absolute Gasteiger partial charge is 0.257 e. The second-order valence-electron chi connectivity index (χ2n) is 8.48. The first kappa shape index (κ1) is 16.1. The highest BCUT2D eigenvalue weighted by molar-refractivity contribution is 7.80. The summed E-state index contributed by atoms with van der Waals surface area (Å²) in [6.07, 6.45) is 7.88. The minimum Gasteiger partial charge on any atom is -0.357 e. The van der Waals surface area contributed by atoms with Gasteiger partial charge in [0.05, 0.1) is 0 Å². The van der Waals surface area contributed by atoms with E-state index >= 15 is 0 Å². The predicted octanol–water partition coefficient (Wildman–Crippen LogP) is 3.88. The van der Waals surface area contributed by atoms with Crippen LogP contribution in [0, 0.1) is 31.6 Å². The highest BCUT2D eigenvalue weighted by Gasteiger charge is 2.51. The van der Waals surface area contributed by atoms with Crippen LogP contribution in [0.3, 0.4) is 0 Å². The molecule has 0 radical (unpaired) electrons. The topological polar surface area (TPSA) is 41.1 Å². The van der Waals surface area contributed by atoms with Gasteiger partial charge in [0.15, 0.2) is 5.11 Å². The van der Waals surface area contributed by atoms with Crippen molar-refractivity contribution in [1.29, 1.82) is 0 Å². The van der Waals surface area contributed by atoms with Crippen LogP contribution >= 0.6 is 12.2 Å². The van der Waals surface area contributed by atoms with Gasteiger partial charge >= 0.3 is 0 Å². The Morgan fingerprint density at radius 1 is 1.00 bits per heavy atom. The first-order valence-electron chi connectivity index (χ1n) is 9.13. The van der Waals surface area contributed by atoms with Crippen LogP contribution in [0.2, 0.25) is 0 Å². The number of rotatable bonds is 2. The summed E-state index contributed by atoms with van der Waals surface area (Å²) in [5.74, 6) is 2.48. The molecule has 4 fully saturated rings. The van der Waals surface area contributed by atoms with Gasteiger partial charge in [-0.3, -0.25) is 10.1 Å². The lowest BCUT2D eigenvalue weighted by molar-refractivity contribution is -0.0101. The van der Waals surface area contributed by atoms with Crippen molar-refractivity contribution in [3.8, 4) is 0 Å². The van der Waals surface area contributed by atoms with Gasteiger partial charge in [0.25, 0.3) is 5.91 Å². The first-order valence-corrected chi connectivity index (χ1v) is 9.53. The summed E-state index contributed by atoms with van der Waals surface area (Å²) in [5.41, 5.74) is 3.02. The molecule has 0 unspecified atom stereocenters. The molecule has 1 aromatic carbocycles. The van der Waals surface area contributed by atoms with Crippen LogP contribution in [0.4, 0.5) is 0 Å². The summed E-state index contributed by atoms with van der Waals surface area (Å²) in [4.78, 5) is 12.5. The maximum absolute atomic E-state index is 12.5. The van der Waals surface area contributed by atoms with Gasteiger partial charge in [0, 0.05) is 11.1 Å². The number of nitrogens with one attached hydrogen (secondary N) is 2. The van der Waals surface area contributed by atoms with Crippen molar-refractivity contribution in [3.63, 3.8) is 0 Å². The zero-order chi connectivity index (χ0) is 16.9. The minimum absolute atomic E-state index is 0.107. The summed E-state index contributed by atoms with van der Waals surface area (Å²) in [6.45, 7) is 4.02. The van der Waals surface area contributed by atoms with Crippen molar-refractivity contribution in [2.45, 2.75) is 57.9 Å². The number of thiocarbonyl (C=S) groups is 1. The lowest BCUT2D eigenvalue weighted by Crippen LogP contribution is -2.61. The molecule has 2 N–H and O–H groups in total. The second-order valence-corrected chi connectivity index (χ2v) is 8.89. The number of benzene rings is 1. The SMILES string of the molecule is Cc1cc(C)cc(C(=O)NC(=S)NC23CC4CC(CC(C4)C2)C3)c1. The normalized spacial score (nSPS) is 33.3. The molecule has 0 spiro atoms. The molecule has 4 heteroatoms. The fourth-order valence-corrected chi connectivity index (χ4v) is 6.13. The first-order chi connectivity index (χ1) is 11.4. The Morgan fingerprint density at radius 3 is 2.00 bits per heavy atom. The van der Waals surface area contributed by atoms with Crippen LogP contribution in [0.5, 0.6) is 0 Å². The standard InChI is InChI=1S/C20H26N2OS/c1-12-3-13(2)5-17(4-12)18(23)21-19(24)22-20-9-14-6-15(10-20)8-16(7-14)11-20/h3-5,14-16H,6-11H2,1-2H3,(H2,21,22,23,24). The lowest BCUT2D eigenvalue weighted by atomic mass is 9.53. The third-order valence-electron chi connectivity index (χ3n) is 6.13. The molecule has 3 nitrogen and oxygen atoms in total. The van der Waals surface area contributed by atoms with E-state index in [1.54, 1.807) is 0 Å². The summed E-state index contributed by atoms with van der Waals surface area (Å²) >= 11 is 5.49. The Balaban J connectivity index is 1.42. The van der Waals surface area contributed by atoms with Crippen molar-refractivity contribution in [2.24, 2.45) is 17.8 Å². The second kappa shape index (κ2) is 5.83. The summed E-state index contributed by atoms with van der Waals surface area (Å²) in [6, 6.07) is 5.90. The Labute approximate surface area is 149 Å². The van der Waals surface area contributed by atoms with Crippen molar-refractivity contribution < 1.29 is 4.79 Å². The van der Waals surface area contributed by atoms with Crippen molar-refractivity contribution >= 4 is 23.2 Å². The van der Waals surface area contributed by atoms with Crippen LogP contribution in [0.25, 0.3) is 0 Å². The molecule has 0 atom stereocenters. The highest BCUT2D eigenvalue weighted by atomic mass is 32.1. The molecule has 128 valence electrons. The number of hydrogen-bond donors (Lipinski definition) is 2. The van der Waals surface area contributed by atoms with Crippen molar-refractivity contribution in [2.75, 3.05) is 0 Å². The van der Waals surface area contributed by atoms with Crippen molar-refractivity contribution in [3.05, 3.63) is 34.9 Å². The molecule has 24 heavy (non-hydrogen) atoms. The Hall–Kier alpha value is -1.42. The van der Waals surface area contributed by atoms with Gasteiger partial charge in [0.1, 0.15) is 0 Å². The number of carbonyl (C=O) groups excluding carboxylic acids is 1. The van der Waals surface area contributed by atoms with E-state index in [-0.39, 0.29) is 11.4 Å². The van der Waals surface area contributed by atoms with E-state index < -0.39 is 0 Å². The fraction of sp³-hybridized carbons (Fsp3) is 0.600. The van der Waals surface area contributed by atoms with Gasteiger partial charge < -0.3 is 5.32 Å². The quantitative estimate of drug-likeness (QED) is 0.802. The summed E-state index contributed by atoms with van der Waals surface area (Å²) in [5, 5.41) is 6.96. The zero-order valence-electron chi connectivity index (χ0n) is 14.5. The molecule has 4 saturated carbocycles.